The van der Waals surface area contributed by atoms with Gasteiger partial charge in [0.2, 0.25) is 5.24 Å². The normalized spacial score (nSPS) is 21.8. The summed E-state index contributed by atoms with van der Waals surface area (Å²) in [7, 11) is 1.38. The summed E-state index contributed by atoms with van der Waals surface area (Å²) in [6, 6.07) is 16.0. The van der Waals surface area contributed by atoms with Gasteiger partial charge in [-0.1, -0.05) is 48.5 Å². The number of benzene rings is 2. The van der Waals surface area contributed by atoms with Crippen LogP contribution in [0.2, 0.25) is 0 Å². The number of ether oxygens (including phenoxy) is 1. The van der Waals surface area contributed by atoms with Gasteiger partial charge in [-0.25, -0.2) is 4.79 Å². The molecule has 1 aliphatic carbocycles. The van der Waals surface area contributed by atoms with E-state index < -0.39 is 12.0 Å². The molecular weight excluding hydrogens is 350 g/mol. The zero-order valence-corrected chi connectivity index (χ0v) is 15.3. The molecule has 2 aromatic rings. The molecule has 0 N–H and O–H groups in total. The highest BCUT2D eigenvalue weighted by atomic mass is 35.5. The predicted octanol–water partition coefficient (Wildman–Crippen LogP) is 4.41. The molecule has 0 radical (unpaired) electrons. The van der Waals surface area contributed by atoms with Gasteiger partial charge in [0.15, 0.2) is 0 Å². The van der Waals surface area contributed by atoms with Crippen molar-refractivity contribution in [3.05, 3.63) is 59.7 Å². The number of hydrogen-bond donors (Lipinski definition) is 0. The van der Waals surface area contributed by atoms with Crippen LogP contribution in [0.1, 0.15) is 29.9 Å². The summed E-state index contributed by atoms with van der Waals surface area (Å²) in [6.45, 7) is 0.568. The van der Waals surface area contributed by atoms with Crippen molar-refractivity contribution < 1.29 is 14.3 Å². The number of hydrogen-bond acceptors (Lipinski definition) is 3. The Morgan fingerprint density at radius 1 is 1.04 bits per heavy atom. The minimum absolute atomic E-state index is 0.0884. The SMILES string of the molecule is COC(=O)N1CCC[C@@H](C(=O)Cl)C1C1c2ccccc2-c2ccccc21. The van der Waals surface area contributed by atoms with Crippen LogP contribution in [0, 0.1) is 5.92 Å². The quantitative estimate of drug-likeness (QED) is 0.736. The average Bonchev–Trinajstić information content (AvgIpc) is 3.01. The third-order valence-corrected chi connectivity index (χ3v) is 5.89. The number of halogens is 1. The van der Waals surface area contributed by atoms with E-state index in [2.05, 4.69) is 24.3 Å². The first kappa shape index (κ1) is 17.1. The Kier molecular flexibility index (Phi) is 4.45. The number of amides is 1. The molecule has 2 aromatic carbocycles. The first-order chi connectivity index (χ1) is 12.6. The Balaban J connectivity index is 1.89. The minimum Gasteiger partial charge on any atom is -0.453 e. The Labute approximate surface area is 157 Å². The summed E-state index contributed by atoms with van der Waals surface area (Å²) < 4.78 is 5.02. The Bertz CT molecular complexity index is 820. The molecule has 0 aromatic heterocycles. The first-order valence-electron chi connectivity index (χ1n) is 8.85. The molecule has 1 amide bonds. The number of likely N-dealkylation sites (tertiary alicyclic amines) is 1. The lowest BCUT2D eigenvalue weighted by atomic mass is 9.77. The van der Waals surface area contributed by atoms with E-state index in [0.29, 0.717) is 13.0 Å². The van der Waals surface area contributed by atoms with Crippen LogP contribution in [0.4, 0.5) is 4.79 Å². The van der Waals surface area contributed by atoms with Crippen LogP contribution in [0.5, 0.6) is 0 Å². The third kappa shape index (κ3) is 2.60. The van der Waals surface area contributed by atoms with Gasteiger partial charge in [0.25, 0.3) is 0 Å². The van der Waals surface area contributed by atoms with E-state index in [4.69, 9.17) is 16.3 Å². The van der Waals surface area contributed by atoms with Crippen molar-refractivity contribution in [1.29, 1.82) is 0 Å². The highest BCUT2D eigenvalue weighted by Gasteiger charge is 2.46. The van der Waals surface area contributed by atoms with Gasteiger partial charge < -0.3 is 9.64 Å². The molecule has 134 valence electrons. The zero-order chi connectivity index (χ0) is 18.3. The molecule has 5 heteroatoms. The van der Waals surface area contributed by atoms with Crippen molar-refractivity contribution in [3.8, 4) is 11.1 Å². The standard InChI is InChI=1S/C21H20ClNO3/c1-26-21(25)23-12-6-11-17(20(22)24)19(23)18-15-9-4-2-7-13(15)14-8-3-5-10-16(14)18/h2-5,7-10,17-19H,6,11-12H2,1H3/t17-,19?/m1/s1. The van der Waals surface area contributed by atoms with Crippen molar-refractivity contribution in [1.82, 2.24) is 4.90 Å². The average molecular weight is 370 g/mol. The van der Waals surface area contributed by atoms with Crippen LogP contribution in [0.25, 0.3) is 11.1 Å². The number of carbonyl (C=O) groups excluding carboxylic acids is 2. The molecule has 2 atom stereocenters. The topological polar surface area (TPSA) is 46.6 Å². The summed E-state index contributed by atoms with van der Waals surface area (Å²) in [5, 5.41) is -0.384. The van der Waals surface area contributed by atoms with Gasteiger partial charge in [-0.3, -0.25) is 4.79 Å². The fraction of sp³-hybridized carbons (Fsp3) is 0.333. The van der Waals surface area contributed by atoms with Crippen LogP contribution in [0.15, 0.2) is 48.5 Å². The number of methoxy groups -OCH3 is 1. The van der Waals surface area contributed by atoms with Gasteiger partial charge in [-0.15, -0.1) is 0 Å². The second-order valence-electron chi connectivity index (χ2n) is 6.86. The monoisotopic (exact) mass is 369 g/mol. The van der Waals surface area contributed by atoms with Gasteiger partial charge in [0.1, 0.15) is 0 Å². The minimum atomic E-state index is -0.409. The number of rotatable bonds is 2. The lowest BCUT2D eigenvalue weighted by molar-refractivity contribution is -0.118. The van der Waals surface area contributed by atoms with Crippen molar-refractivity contribution in [2.24, 2.45) is 5.92 Å². The van der Waals surface area contributed by atoms with E-state index in [1.54, 1.807) is 4.90 Å². The van der Waals surface area contributed by atoms with E-state index in [1.165, 1.54) is 7.11 Å². The highest BCUT2D eigenvalue weighted by molar-refractivity contribution is 6.64. The molecule has 4 nitrogen and oxygen atoms in total. The first-order valence-corrected chi connectivity index (χ1v) is 9.23. The lowest BCUT2D eigenvalue weighted by Crippen LogP contribution is -2.52. The highest BCUT2D eigenvalue weighted by Crippen LogP contribution is 2.50. The number of fused-ring (bicyclic) bond motifs is 3. The maximum absolute atomic E-state index is 12.5. The second-order valence-corrected chi connectivity index (χ2v) is 7.23. The van der Waals surface area contributed by atoms with E-state index in [9.17, 15) is 9.59 Å². The smallest absolute Gasteiger partial charge is 0.409 e. The molecule has 2 aliphatic rings. The van der Waals surface area contributed by atoms with Crippen LogP contribution in [-0.4, -0.2) is 35.9 Å². The predicted molar refractivity (Wildman–Crippen MR) is 100 cm³/mol. The van der Waals surface area contributed by atoms with Gasteiger partial charge in [0.05, 0.1) is 19.1 Å². The van der Waals surface area contributed by atoms with Crippen molar-refractivity contribution in [3.63, 3.8) is 0 Å². The van der Waals surface area contributed by atoms with E-state index in [0.717, 1.165) is 28.7 Å². The van der Waals surface area contributed by atoms with E-state index in [-0.39, 0.29) is 17.2 Å². The van der Waals surface area contributed by atoms with E-state index >= 15 is 0 Å². The number of piperidine rings is 1. The Hall–Kier alpha value is -2.33. The van der Waals surface area contributed by atoms with Crippen LogP contribution < -0.4 is 0 Å². The summed E-state index contributed by atoms with van der Waals surface area (Å²) >= 11 is 5.98. The van der Waals surface area contributed by atoms with Crippen molar-refractivity contribution in [2.75, 3.05) is 13.7 Å². The molecule has 4 rings (SSSR count). The summed E-state index contributed by atoms with van der Waals surface area (Å²) in [4.78, 5) is 26.4. The molecule has 1 aliphatic heterocycles. The number of nitrogens with zero attached hydrogens (tertiary/aromatic N) is 1. The van der Waals surface area contributed by atoms with Crippen LogP contribution in [0.3, 0.4) is 0 Å². The zero-order valence-electron chi connectivity index (χ0n) is 14.5. The fourth-order valence-electron chi connectivity index (χ4n) is 4.57. The third-order valence-electron chi connectivity index (χ3n) is 5.61. The van der Waals surface area contributed by atoms with Crippen molar-refractivity contribution in [2.45, 2.75) is 24.8 Å². The molecule has 0 bridgehead atoms. The maximum Gasteiger partial charge on any atom is 0.409 e. The van der Waals surface area contributed by atoms with Crippen LogP contribution >= 0.6 is 11.6 Å². The Morgan fingerprint density at radius 3 is 2.15 bits per heavy atom. The molecule has 0 spiro atoms. The largest absolute Gasteiger partial charge is 0.453 e. The number of carbonyl (C=O) groups is 2. The molecule has 0 saturated carbocycles. The van der Waals surface area contributed by atoms with Gasteiger partial charge in [0, 0.05) is 12.5 Å². The second kappa shape index (κ2) is 6.76. The van der Waals surface area contributed by atoms with Gasteiger partial charge in [-0.05, 0) is 46.7 Å². The molecule has 1 fully saturated rings. The summed E-state index contributed by atoms with van der Waals surface area (Å²) in [5.74, 6) is -0.497. The van der Waals surface area contributed by atoms with Gasteiger partial charge in [-0.2, -0.15) is 0 Å². The summed E-state index contributed by atoms with van der Waals surface area (Å²) in [5.41, 5.74) is 4.59. The van der Waals surface area contributed by atoms with Crippen molar-refractivity contribution >= 4 is 22.9 Å². The summed E-state index contributed by atoms with van der Waals surface area (Å²) in [6.07, 6.45) is 1.02. The Morgan fingerprint density at radius 2 is 1.62 bits per heavy atom. The lowest BCUT2D eigenvalue weighted by Gasteiger charge is -2.42. The van der Waals surface area contributed by atoms with Gasteiger partial charge >= 0.3 is 6.09 Å². The molecule has 1 saturated heterocycles. The fourth-order valence-corrected chi connectivity index (χ4v) is 4.81. The van der Waals surface area contributed by atoms with Crippen LogP contribution in [-0.2, 0) is 9.53 Å². The molecule has 1 heterocycles. The van der Waals surface area contributed by atoms with E-state index in [1.807, 2.05) is 24.3 Å². The molecular formula is C21H20ClNO3. The molecule has 26 heavy (non-hydrogen) atoms. The molecule has 1 unspecified atom stereocenters. The maximum atomic E-state index is 12.5.